The zero-order chi connectivity index (χ0) is 18.8. The van der Waals surface area contributed by atoms with Gasteiger partial charge in [0.15, 0.2) is 11.6 Å². The van der Waals surface area contributed by atoms with Crippen LogP contribution in [-0.4, -0.2) is 27.1 Å². The molecular formula is C17H12ClN3O5. The van der Waals surface area contributed by atoms with E-state index in [4.69, 9.17) is 16.3 Å². The number of nitro benzene ring substituents is 1. The summed E-state index contributed by atoms with van der Waals surface area (Å²) in [5, 5.41) is 21.4. The lowest BCUT2D eigenvalue weighted by Gasteiger charge is -2.06. The number of hydrogen-bond acceptors (Lipinski definition) is 6. The Morgan fingerprint density at radius 2 is 2.12 bits per heavy atom. The highest BCUT2D eigenvalue weighted by atomic mass is 35.5. The molecule has 9 heteroatoms. The standard InChI is InChI=1S/C17H12ClN3O5/c1-26-14-8-9(7-13(15(14)22)21(24)25)6-11(18)16-19-12-5-3-2-4-10(12)17(23)20-16/h2-8,22H,1H3,(H,19,20,23)/b11-6+. The number of phenolic OH excluding ortho intramolecular Hbond substituents is 1. The van der Waals surface area contributed by atoms with Crippen molar-refractivity contribution >= 4 is 39.3 Å². The average Bonchev–Trinajstić information content (AvgIpc) is 2.62. The van der Waals surface area contributed by atoms with Crippen molar-refractivity contribution in [3.05, 3.63) is 68.3 Å². The van der Waals surface area contributed by atoms with E-state index >= 15 is 0 Å². The molecule has 0 aliphatic rings. The molecule has 0 saturated heterocycles. The van der Waals surface area contributed by atoms with Crippen LogP contribution in [0.25, 0.3) is 22.0 Å². The van der Waals surface area contributed by atoms with Gasteiger partial charge >= 0.3 is 5.69 Å². The van der Waals surface area contributed by atoms with Crippen LogP contribution in [0.5, 0.6) is 11.5 Å². The van der Waals surface area contributed by atoms with Crippen LogP contribution < -0.4 is 10.3 Å². The van der Waals surface area contributed by atoms with E-state index in [9.17, 15) is 20.0 Å². The summed E-state index contributed by atoms with van der Waals surface area (Å²) in [6.45, 7) is 0. The third kappa shape index (κ3) is 3.22. The molecule has 0 spiro atoms. The van der Waals surface area contributed by atoms with Crippen LogP contribution in [0.3, 0.4) is 0 Å². The van der Waals surface area contributed by atoms with Gasteiger partial charge in [-0.3, -0.25) is 14.9 Å². The fourth-order valence-corrected chi connectivity index (χ4v) is 2.62. The Hall–Kier alpha value is -3.39. The number of nitrogens with zero attached hydrogens (tertiary/aromatic N) is 2. The topological polar surface area (TPSA) is 118 Å². The van der Waals surface area contributed by atoms with Crippen LogP contribution in [0.1, 0.15) is 11.4 Å². The second-order valence-corrected chi connectivity index (χ2v) is 5.68. The highest BCUT2D eigenvalue weighted by Gasteiger charge is 2.19. The lowest BCUT2D eigenvalue weighted by molar-refractivity contribution is -0.386. The van der Waals surface area contributed by atoms with Crippen LogP contribution in [-0.2, 0) is 0 Å². The molecule has 0 fully saturated rings. The van der Waals surface area contributed by atoms with Crippen molar-refractivity contribution in [1.82, 2.24) is 9.97 Å². The largest absolute Gasteiger partial charge is 0.500 e. The molecule has 3 aromatic rings. The molecule has 0 amide bonds. The first-order valence-corrected chi connectivity index (χ1v) is 7.70. The number of nitrogens with one attached hydrogen (secondary N) is 1. The molecule has 0 aliphatic heterocycles. The SMILES string of the molecule is COc1cc(/C=C(/Cl)c2nc3ccccc3c(=O)[nH]2)cc([N+](=O)[O-])c1O. The van der Waals surface area contributed by atoms with Gasteiger partial charge in [-0.1, -0.05) is 23.7 Å². The zero-order valence-electron chi connectivity index (χ0n) is 13.4. The van der Waals surface area contributed by atoms with Crippen molar-refractivity contribution in [2.24, 2.45) is 0 Å². The monoisotopic (exact) mass is 373 g/mol. The van der Waals surface area contributed by atoms with Gasteiger partial charge in [0, 0.05) is 6.07 Å². The fraction of sp³-hybridized carbons (Fsp3) is 0.0588. The second-order valence-electron chi connectivity index (χ2n) is 5.27. The van der Waals surface area contributed by atoms with Gasteiger partial charge < -0.3 is 14.8 Å². The van der Waals surface area contributed by atoms with Gasteiger partial charge in [0.05, 0.1) is 28.0 Å². The molecular weight excluding hydrogens is 362 g/mol. The Morgan fingerprint density at radius 3 is 2.81 bits per heavy atom. The predicted molar refractivity (Wildman–Crippen MR) is 97.4 cm³/mol. The normalized spacial score (nSPS) is 11.5. The van der Waals surface area contributed by atoms with Crippen molar-refractivity contribution in [2.75, 3.05) is 7.11 Å². The molecule has 8 nitrogen and oxygen atoms in total. The fourth-order valence-electron chi connectivity index (χ4n) is 2.41. The zero-order valence-corrected chi connectivity index (χ0v) is 14.1. The third-order valence-electron chi connectivity index (χ3n) is 3.63. The number of aromatic amines is 1. The van der Waals surface area contributed by atoms with Gasteiger partial charge in [-0.05, 0) is 29.8 Å². The summed E-state index contributed by atoms with van der Waals surface area (Å²) in [4.78, 5) is 29.3. The maximum atomic E-state index is 12.1. The Kier molecular flexibility index (Phi) is 4.59. The average molecular weight is 374 g/mol. The summed E-state index contributed by atoms with van der Waals surface area (Å²) < 4.78 is 4.94. The number of rotatable bonds is 4. The highest BCUT2D eigenvalue weighted by molar-refractivity contribution is 6.50. The highest BCUT2D eigenvalue weighted by Crippen LogP contribution is 2.38. The minimum absolute atomic E-state index is 0.0647. The minimum atomic E-state index is -0.737. The summed E-state index contributed by atoms with van der Waals surface area (Å²) in [6.07, 6.45) is 1.38. The molecule has 0 saturated carbocycles. The van der Waals surface area contributed by atoms with E-state index in [-0.39, 0.29) is 22.2 Å². The summed E-state index contributed by atoms with van der Waals surface area (Å²) in [5.41, 5.74) is -0.120. The van der Waals surface area contributed by atoms with Crippen molar-refractivity contribution in [1.29, 1.82) is 0 Å². The molecule has 0 radical (unpaired) electrons. The van der Waals surface area contributed by atoms with Gasteiger partial charge in [-0.2, -0.15) is 0 Å². The first kappa shape index (κ1) is 17.4. The number of hydrogen-bond donors (Lipinski definition) is 2. The van der Waals surface area contributed by atoms with Crippen LogP contribution >= 0.6 is 11.6 Å². The van der Waals surface area contributed by atoms with E-state index in [1.165, 1.54) is 19.3 Å². The molecule has 2 N–H and O–H groups in total. The number of ether oxygens (including phenoxy) is 1. The minimum Gasteiger partial charge on any atom is -0.500 e. The van der Waals surface area contributed by atoms with Gasteiger partial charge in [-0.15, -0.1) is 0 Å². The molecule has 3 rings (SSSR count). The number of halogens is 1. The van der Waals surface area contributed by atoms with Crippen LogP contribution in [0.4, 0.5) is 5.69 Å². The molecule has 1 heterocycles. The summed E-state index contributed by atoms with van der Waals surface area (Å²) in [7, 11) is 1.27. The number of benzene rings is 2. The van der Waals surface area contributed by atoms with Gasteiger partial charge in [0.2, 0.25) is 5.75 Å². The molecule has 0 atom stereocenters. The maximum Gasteiger partial charge on any atom is 0.315 e. The van der Waals surface area contributed by atoms with Crippen molar-refractivity contribution < 1.29 is 14.8 Å². The summed E-state index contributed by atoms with van der Waals surface area (Å²) in [6, 6.07) is 9.29. The van der Waals surface area contributed by atoms with Crippen LogP contribution in [0.2, 0.25) is 0 Å². The first-order chi connectivity index (χ1) is 12.4. The number of H-pyrrole nitrogens is 1. The van der Waals surface area contributed by atoms with Crippen molar-refractivity contribution in [3.63, 3.8) is 0 Å². The van der Waals surface area contributed by atoms with Crippen molar-refractivity contribution in [3.8, 4) is 11.5 Å². The molecule has 132 valence electrons. The van der Waals surface area contributed by atoms with E-state index in [0.717, 1.165) is 6.07 Å². The number of methoxy groups -OCH3 is 1. The molecule has 26 heavy (non-hydrogen) atoms. The molecule has 0 unspecified atom stereocenters. The number of nitro groups is 1. The Bertz CT molecular complexity index is 1110. The number of aromatic hydroxyl groups is 1. The molecule has 0 bridgehead atoms. The summed E-state index contributed by atoms with van der Waals surface area (Å²) >= 11 is 6.24. The van der Waals surface area contributed by atoms with E-state index < -0.39 is 16.4 Å². The van der Waals surface area contributed by atoms with Crippen LogP contribution in [0, 0.1) is 10.1 Å². The molecule has 1 aromatic heterocycles. The smallest absolute Gasteiger partial charge is 0.315 e. The van der Waals surface area contributed by atoms with Crippen molar-refractivity contribution in [2.45, 2.75) is 0 Å². The second kappa shape index (κ2) is 6.85. The van der Waals surface area contributed by atoms with E-state index in [2.05, 4.69) is 9.97 Å². The third-order valence-corrected chi connectivity index (χ3v) is 3.91. The van der Waals surface area contributed by atoms with Gasteiger partial charge in [0.25, 0.3) is 5.56 Å². The quantitative estimate of drug-likeness (QED) is 0.535. The number of fused-ring (bicyclic) bond motifs is 1. The maximum absolute atomic E-state index is 12.1. The number of aromatic nitrogens is 2. The van der Waals surface area contributed by atoms with E-state index in [1.54, 1.807) is 24.3 Å². The van der Waals surface area contributed by atoms with Gasteiger partial charge in [-0.25, -0.2) is 4.98 Å². The van der Waals surface area contributed by atoms with E-state index in [1.807, 2.05) is 0 Å². The van der Waals surface area contributed by atoms with E-state index in [0.29, 0.717) is 16.5 Å². The molecule has 0 aliphatic carbocycles. The Morgan fingerprint density at radius 1 is 1.38 bits per heavy atom. The first-order valence-electron chi connectivity index (χ1n) is 7.32. The van der Waals surface area contributed by atoms with Crippen LogP contribution in [0.15, 0.2) is 41.2 Å². The predicted octanol–water partition coefficient (Wildman–Crippen LogP) is 3.28. The number of para-hydroxylation sites is 1. The Balaban J connectivity index is 2.12. The van der Waals surface area contributed by atoms with Gasteiger partial charge in [0.1, 0.15) is 0 Å². The summed E-state index contributed by atoms with van der Waals surface area (Å²) in [5.74, 6) is -0.539. The molecule has 2 aromatic carbocycles. The number of phenols is 1. The lowest BCUT2D eigenvalue weighted by atomic mass is 10.1. The lowest BCUT2D eigenvalue weighted by Crippen LogP contribution is -2.10. The Labute approximate surface area is 151 Å².